The largest absolute Gasteiger partial charge is 0.302 e. The average molecular weight is 150 g/mol. The van der Waals surface area contributed by atoms with Gasteiger partial charge in [0.1, 0.15) is 6.29 Å². The first-order valence-corrected chi connectivity index (χ1v) is 3.39. The van der Waals surface area contributed by atoms with Crippen LogP contribution in [0.15, 0.2) is 18.6 Å². The van der Waals surface area contributed by atoms with E-state index in [1.807, 2.05) is 13.8 Å². The minimum absolute atomic E-state index is 0.520. The quantitative estimate of drug-likeness (QED) is 0.589. The molecular weight excluding hydrogens is 140 g/mol. The van der Waals surface area contributed by atoms with Crippen molar-refractivity contribution in [2.75, 3.05) is 0 Å². The Morgan fingerprint density at radius 3 is 2.64 bits per heavy atom. The van der Waals surface area contributed by atoms with Gasteiger partial charge in [0.25, 0.3) is 0 Å². The van der Waals surface area contributed by atoms with Gasteiger partial charge in [0.2, 0.25) is 0 Å². The van der Waals surface area contributed by atoms with E-state index in [1.54, 1.807) is 18.6 Å². The molecule has 0 amide bonds. The van der Waals surface area contributed by atoms with Gasteiger partial charge < -0.3 is 4.79 Å². The second-order valence-corrected chi connectivity index (χ2v) is 2.93. The Labute approximate surface area is 65.5 Å². The minimum Gasteiger partial charge on any atom is -0.302 e. The van der Waals surface area contributed by atoms with E-state index >= 15 is 0 Å². The van der Waals surface area contributed by atoms with Crippen molar-refractivity contribution in [3.63, 3.8) is 0 Å². The Morgan fingerprint density at radius 1 is 1.45 bits per heavy atom. The van der Waals surface area contributed by atoms with Gasteiger partial charge in [-0.05, 0) is 13.8 Å². The Bertz CT molecular complexity index is 244. The Morgan fingerprint density at radius 2 is 2.18 bits per heavy atom. The van der Waals surface area contributed by atoms with Crippen molar-refractivity contribution >= 4 is 6.29 Å². The van der Waals surface area contributed by atoms with E-state index in [9.17, 15) is 4.79 Å². The number of aromatic nitrogens is 2. The summed E-state index contributed by atoms with van der Waals surface area (Å²) in [7, 11) is 0. The lowest BCUT2D eigenvalue weighted by molar-refractivity contribution is -0.111. The van der Waals surface area contributed by atoms with E-state index in [4.69, 9.17) is 0 Å². The summed E-state index contributed by atoms with van der Waals surface area (Å²) in [5.74, 6) is 0. The molecule has 1 aromatic heterocycles. The molecule has 0 saturated carbocycles. The van der Waals surface area contributed by atoms with E-state index in [1.165, 1.54) is 0 Å². The summed E-state index contributed by atoms with van der Waals surface area (Å²) in [6, 6.07) is 0. The molecule has 0 spiro atoms. The van der Waals surface area contributed by atoms with Gasteiger partial charge in [-0.3, -0.25) is 9.97 Å². The fourth-order valence-corrected chi connectivity index (χ4v) is 0.692. The highest BCUT2D eigenvalue weighted by Gasteiger charge is 2.20. The summed E-state index contributed by atoms with van der Waals surface area (Å²) in [6.07, 6.45) is 5.65. The maximum absolute atomic E-state index is 10.6. The molecule has 1 aromatic rings. The Hall–Kier alpha value is -1.25. The van der Waals surface area contributed by atoms with E-state index < -0.39 is 5.41 Å². The molecule has 0 fully saturated rings. The fourth-order valence-electron chi connectivity index (χ4n) is 0.692. The minimum atomic E-state index is -0.520. The molecule has 3 nitrogen and oxygen atoms in total. The maximum atomic E-state index is 10.6. The zero-order valence-corrected chi connectivity index (χ0v) is 6.61. The molecule has 0 saturated heterocycles. The van der Waals surface area contributed by atoms with Crippen LogP contribution in [0.25, 0.3) is 0 Å². The van der Waals surface area contributed by atoms with Gasteiger partial charge in [0.05, 0.1) is 11.1 Å². The number of carbonyl (C=O) groups excluding carboxylic acids is 1. The molecular formula is C8H10N2O. The van der Waals surface area contributed by atoms with Crippen LogP contribution in [0.3, 0.4) is 0 Å². The first-order chi connectivity index (χ1) is 5.17. The Kier molecular flexibility index (Phi) is 1.98. The molecule has 0 atom stereocenters. The lowest BCUT2D eigenvalue weighted by Gasteiger charge is -2.14. The topological polar surface area (TPSA) is 42.9 Å². The highest BCUT2D eigenvalue weighted by atomic mass is 16.1. The van der Waals surface area contributed by atoms with Crippen LogP contribution in [0.2, 0.25) is 0 Å². The molecule has 0 aliphatic rings. The molecule has 0 aliphatic heterocycles. The lowest BCUT2D eigenvalue weighted by atomic mass is 9.92. The highest BCUT2D eigenvalue weighted by molar-refractivity contribution is 5.65. The molecule has 58 valence electrons. The number of carbonyl (C=O) groups is 1. The van der Waals surface area contributed by atoms with Gasteiger partial charge in [0.15, 0.2) is 0 Å². The summed E-state index contributed by atoms with van der Waals surface area (Å²) < 4.78 is 0. The van der Waals surface area contributed by atoms with Crippen LogP contribution in [-0.4, -0.2) is 16.3 Å². The standard InChI is InChI=1S/C8H10N2O/c1-8(2,6-11)7-5-9-3-4-10-7/h3-6H,1-2H3. The van der Waals surface area contributed by atoms with Crippen molar-refractivity contribution < 1.29 is 4.79 Å². The van der Waals surface area contributed by atoms with Crippen molar-refractivity contribution in [1.82, 2.24) is 9.97 Å². The second-order valence-electron chi connectivity index (χ2n) is 2.93. The molecule has 0 unspecified atom stereocenters. The van der Waals surface area contributed by atoms with Crippen LogP contribution in [0.5, 0.6) is 0 Å². The molecule has 11 heavy (non-hydrogen) atoms. The molecule has 0 radical (unpaired) electrons. The number of hydrogen-bond acceptors (Lipinski definition) is 3. The lowest BCUT2D eigenvalue weighted by Crippen LogP contribution is -2.20. The monoisotopic (exact) mass is 150 g/mol. The summed E-state index contributed by atoms with van der Waals surface area (Å²) in [5.41, 5.74) is 0.184. The fraction of sp³-hybridized carbons (Fsp3) is 0.375. The van der Waals surface area contributed by atoms with Crippen LogP contribution < -0.4 is 0 Å². The molecule has 1 rings (SSSR count). The van der Waals surface area contributed by atoms with Gasteiger partial charge in [-0.2, -0.15) is 0 Å². The third-order valence-corrected chi connectivity index (χ3v) is 1.52. The third-order valence-electron chi connectivity index (χ3n) is 1.52. The predicted octanol–water partition coefficient (Wildman–Crippen LogP) is 0.953. The Balaban J connectivity index is 3.02. The predicted molar refractivity (Wildman–Crippen MR) is 41.1 cm³/mol. The number of aldehydes is 1. The van der Waals surface area contributed by atoms with Crippen molar-refractivity contribution in [2.45, 2.75) is 19.3 Å². The zero-order chi connectivity index (χ0) is 8.32. The van der Waals surface area contributed by atoms with E-state index in [0.717, 1.165) is 6.29 Å². The van der Waals surface area contributed by atoms with Gasteiger partial charge in [-0.15, -0.1) is 0 Å². The molecule has 0 aromatic carbocycles. The first-order valence-electron chi connectivity index (χ1n) is 3.39. The van der Waals surface area contributed by atoms with E-state index in [2.05, 4.69) is 9.97 Å². The van der Waals surface area contributed by atoms with Crippen molar-refractivity contribution in [1.29, 1.82) is 0 Å². The third kappa shape index (κ3) is 1.61. The zero-order valence-electron chi connectivity index (χ0n) is 6.61. The number of nitrogens with zero attached hydrogens (tertiary/aromatic N) is 2. The second kappa shape index (κ2) is 2.78. The molecule has 0 bridgehead atoms. The van der Waals surface area contributed by atoms with Crippen LogP contribution in [0.1, 0.15) is 19.5 Å². The van der Waals surface area contributed by atoms with Gasteiger partial charge in [-0.1, -0.05) is 0 Å². The SMILES string of the molecule is CC(C)(C=O)c1cnccn1. The molecule has 0 N–H and O–H groups in total. The van der Waals surface area contributed by atoms with Gasteiger partial charge in [-0.25, -0.2) is 0 Å². The van der Waals surface area contributed by atoms with Gasteiger partial charge >= 0.3 is 0 Å². The summed E-state index contributed by atoms with van der Waals surface area (Å²) in [4.78, 5) is 18.5. The van der Waals surface area contributed by atoms with Gasteiger partial charge in [0, 0.05) is 18.6 Å². The van der Waals surface area contributed by atoms with Crippen LogP contribution in [-0.2, 0) is 10.2 Å². The summed E-state index contributed by atoms with van der Waals surface area (Å²) in [6.45, 7) is 3.62. The van der Waals surface area contributed by atoms with Crippen molar-refractivity contribution in [3.8, 4) is 0 Å². The van der Waals surface area contributed by atoms with Crippen molar-refractivity contribution in [2.24, 2.45) is 0 Å². The summed E-state index contributed by atoms with van der Waals surface area (Å²) in [5, 5.41) is 0. The highest BCUT2D eigenvalue weighted by Crippen LogP contribution is 2.15. The molecule has 3 heteroatoms. The maximum Gasteiger partial charge on any atom is 0.131 e. The molecule has 1 heterocycles. The first kappa shape index (κ1) is 7.85. The van der Waals surface area contributed by atoms with Crippen LogP contribution >= 0.6 is 0 Å². The molecule has 0 aliphatic carbocycles. The van der Waals surface area contributed by atoms with Crippen LogP contribution in [0.4, 0.5) is 0 Å². The smallest absolute Gasteiger partial charge is 0.131 e. The number of hydrogen-bond donors (Lipinski definition) is 0. The van der Waals surface area contributed by atoms with E-state index in [0.29, 0.717) is 5.69 Å². The number of rotatable bonds is 2. The van der Waals surface area contributed by atoms with Crippen molar-refractivity contribution in [3.05, 3.63) is 24.3 Å². The summed E-state index contributed by atoms with van der Waals surface area (Å²) >= 11 is 0. The normalized spacial score (nSPS) is 11.1. The van der Waals surface area contributed by atoms with Crippen LogP contribution in [0, 0.1) is 0 Å². The van der Waals surface area contributed by atoms with E-state index in [-0.39, 0.29) is 0 Å². The average Bonchev–Trinajstić information content (AvgIpc) is 2.06.